The third-order valence-corrected chi connectivity index (χ3v) is 5.99. The molecule has 0 radical (unpaired) electrons. The zero-order valence-electron chi connectivity index (χ0n) is 16.9. The van der Waals surface area contributed by atoms with E-state index < -0.39 is 77.1 Å². The average molecular weight is 553 g/mol. The largest absolute Gasteiger partial charge is 0.461 e. The van der Waals surface area contributed by atoms with Gasteiger partial charge in [0.25, 0.3) is 0 Å². The summed E-state index contributed by atoms with van der Waals surface area (Å²) in [4.78, 5) is 11.1. The Morgan fingerprint density at radius 1 is 0.824 bits per heavy atom. The number of esters is 1. The van der Waals surface area contributed by atoms with Gasteiger partial charge in [-0.1, -0.05) is 6.58 Å². The van der Waals surface area contributed by atoms with E-state index in [9.17, 15) is 70.3 Å². The molecule has 202 valence electrons. The van der Waals surface area contributed by atoms with E-state index >= 15 is 0 Å². The molecule has 0 N–H and O–H groups in total. The van der Waals surface area contributed by atoms with Crippen LogP contribution in [0, 0.1) is 0 Å². The minimum atomic E-state index is -8.06. The highest BCUT2D eigenvalue weighted by atomic mass is 32.2. The molecule has 5 nitrogen and oxygen atoms in total. The molecule has 0 spiro atoms. The fourth-order valence-corrected chi connectivity index (χ4v) is 3.08. The number of hydrogen-bond acceptors (Lipinski definition) is 4. The monoisotopic (exact) mass is 553 g/mol. The first kappa shape index (κ1) is 32.2. The van der Waals surface area contributed by atoms with Crippen LogP contribution in [0.15, 0.2) is 12.2 Å². The highest BCUT2D eigenvalue weighted by Gasteiger charge is 2.90. The van der Waals surface area contributed by atoms with Crippen molar-refractivity contribution in [3.05, 3.63) is 12.2 Å². The van der Waals surface area contributed by atoms with E-state index in [-0.39, 0.29) is 9.88 Å². The Kier molecular flexibility index (Phi) is 9.18. The van der Waals surface area contributed by atoms with Crippen molar-refractivity contribution in [3.8, 4) is 0 Å². The molecular formula is C15H16F13NO4S. The molecule has 34 heavy (non-hydrogen) atoms. The van der Waals surface area contributed by atoms with Crippen LogP contribution in [0.25, 0.3) is 0 Å². The first-order valence-corrected chi connectivity index (χ1v) is 10.0. The maximum atomic E-state index is 13.7. The standard InChI is InChI=1S/C15H16F13NO4S/c1-8(2)9(30)33-6-5-29(3)34(31,32)7-4-10(16,17)11(18,19)12(20,21)13(22,23)14(24,25)15(26,27)28/h1,4-7H2,2-3H3. The lowest BCUT2D eigenvalue weighted by molar-refractivity contribution is -0.439. The molecule has 0 aliphatic rings. The fraction of sp³-hybridized carbons (Fsp3) is 0.800. The maximum absolute atomic E-state index is 13.7. The number of nitrogens with zero attached hydrogens (tertiary/aromatic N) is 1. The second kappa shape index (κ2) is 9.69. The zero-order valence-corrected chi connectivity index (χ0v) is 17.8. The van der Waals surface area contributed by atoms with Gasteiger partial charge in [-0.2, -0.15) is 57.1 Å². The number of halogens is 13. The number of likely N-dealkylation sites (N-methyl/N-ethyl adjacent to an activating group) is 1. The quantitative estimate of drug-likeness (QED) is 0.203. The number of rotatable bonds is 12. The summed E-state index contributed by atoms with van der Waals surface area (Å²) in [5.74, 6) is -41.2. The summed E-state index contributed by atoms with van der Waals surface area (Å²) in [6.07, 6.45) is -10.4. The molecule has 0 saturated carbocycles. The first-order chi connectivity index (χ1) is 14.7. The predicted molar refractivity (Wildman–Crippen MR) is 87.6 cm³/mol. The van der Waals surface area contributed by atoms with Gasteiger partial charge >= 0.3 is 41.8 Å². The molecule has 0 aliphatic heterocycles. The van der Waals surface area contributed by atoms with Crippen molar-refractivity contribution >= 4 is 16.0 Å². The molecule has 0 atom stereocenters. The Labute approximate surface area is 183 Å². The van der Waals surface area contributed by atoms with Gasteiger partial charge < -0.3 is 4.74 Å². The molecule has 19 heteroatoms. The van der Waals surface area contributed by atoms with Crippen LogP contribution in [0.5, 0.6) is 0 Å². The summed E-state index contributed by atoms with van der Waals surface area (Å²) in [5.41, 5.74) is -0.138. The minimum absolute atomic E-state index is 0.109. The summed E-state index contributed by atoms with van der Waals surface area (Å²) in [5, 5.41) is 0. The van der Waals surface area contributed by atoms with Crippen LogP contribution in [0.4, 0.5) is 57.1 Å². The van der Waals surface area contributed by atoms with Gasteiger partial charge in [-0.3, -0.25) is 0 Å². The van der Waals surface area contributed by atoms with Gasteiger partial charge in [0, 0.05) is 25.6 Å². The number of carbonyl (C=O) groups excluding carboxylic acids is 1. The van der Waals surface area contributed by atoms with Gasteiger partial charge in [0.2, 0.25) is 10.0 Å². The molecule has 0 aromatic heterocycles. The average Bonchev–Trinajstić information content (AvgIpc) is 2.64. The molecule has 0 aromatic rings. The number of ether oxygens (including phenoxy) is 1. The summed E-state index contributed by atoms with van der Waals surface area (Å²) < 4.78 is 197. The van der Waals surface area contributed by atoms with Gasteiger partial charge in [-0.15, -0.1) is 0 Å². The van der Waals surface area contributed by atoms with Crippen LogP contribution in [0.1, 0.15) is 13.3 Å². The van der Waals surface area contributed by atoms with Crippen molar-refractivity contribution in [1.82, 2.24) is 4.31 Å². The van der Waals surface area contributed by atoms with Crippen molar-refractivity contribution < 1.29 is 75.0 Å². The minimum Gasteiger partial charge on any atom is -0.461 e. The smallest absolute Gasteiger partial charge is 0.460 e. The Hall–Kier alpha value is -1.79. The predicted octanol–water partition coefficient (Wildman–Crippen LogP) is 4.50. The van der Waals surface area contributed by atoms with Crippen LogP contribution >= 0.6 is 0 Å². The summed E-state index contributed by atoms with van der Waals surface area (Å²) in [6, 6.07) is 0. The molecule has 0 fully saturated rings. The SMILES string of the molecule is C=C(C)C(=O)OCCN(C)S(=O)(=O)CCC(F)(F)C(F)(F)C(F)(F)C(F)(F)C(F)(F)C(F)(F)F. The maximum Gasteiger partial charge on any atom is 0.460 e. The van der Waals surface area contributed by atoms with Crippen molar-refractivity contribution in [1.29, 1.82) is 0 Å². The van der Waals surface area contributed by atoms with Crippen LogP contribution in [0.2, 0.25) is 0 Å². The molecule has 0 aliphatic carbocycles. The topological polar surface area (TPSA) is 63.7 Å². The number of carbonyl (C=O) groups is 1. The first-order valence-electron chi connectivity index (χ1n) is 8.43. The van der Waals surface area contributed by atoms with Crippen molar-refractivity contribution in [3.63, 3.8) is 0 Å². The molecule has 0 unspecified atom stereocenters. The Balaban J connectivity index is 5.70. The van der Waals surface area contributed by atoms with E-state index in [0.717, 1.165) is 0 Å². The highest BCUT2D eigenvalue weighted by Crippen LogP contribution is 2.60. The number of sulfonamides is 1. The van der Waals surface area contributed by atoms with Crippen LogP contribution < -0.4 is 0 Å². The van der Waals surface area contributed by atoms with E-state index in [1.807, 2.05) is 0 Å². The highest BCUT2D eigenvalue weighted by molar-refractivity contribution is 7.89. The number of hydrogen-bond donors (Lipinski definition) is 0. The summed E-state index contributed by atoms with van der Waals surface area (Å²) >= 11 is 0. The van der Waals surface area contributed by atoms with Crippen molar-refractivity contribution in [2.24, 2.45) is 0 Å². The summed E-state index contributed by atoms with van der Waals surface area (Å²) in [6.45, 7) is 2.82. The van der Waals surface area contributed by atoms with E-state index in [1.54, 1.807) is 0 Å². The molecule has 0 bridgehead atoms. The lowest BCUT2D eigenvalue weighted by Gasteiger charge is -2.39. The second-order valence-electron chi connectivity index (χ2n) is 6.80. The lowest BCUT2D eigenvalue weighted by Crippen LogP contribution is -2.70. The van der Waals surface area contributed by atoms with E-state index in [0.29, 0.717) is 7.05 Å². The normalized spacial score (nSPS) is 14.9. The van der Waals surface area contributed by atoms with E-state index in [1.165, 1.54) is 6.92 Å². The van der Waals surface area contributed by atoms with Gasteiger partial charge in [0.05, 0.1) is 5.75 Å². The van der Waals surface area contributed by atoms with E-state index in [4.69, 9.17) is 0 Å². The fourth-order valence-electron chi connectivity index (χ4n) is 1.90. The Morgan fingerprint density at radius 2 is 1.24 bits per heavy atom. The second-order valence-corrected chi connectivity index (χ2v) is 9.00. The third kappa shape index (κ3) is 5.88. The van der Waals surface area contributed by atoms with Crippen molar-refractivity contribution in [2.45, 2.75) is 49.1 Å². The Bertz CT molecular complexity index is 868. The van der Waals surface area contributed by atoms with Gasteiger partial charge in [0.15, 0.2) is 0 Å². The van der Waals surface area contributed by atoms with Gasteiger partial charge in [0.1, 0.15) is 6.61 Å². The Morgan fingerprint density at radius 3 is 1.62 bits per heavy atom. The number of alkyl halides is 13. The van der Waals surface area contributed by atoms with Crippen LogP contribution in [-0.4, -0.2) is 80.4 Å². The van der Waals surface area contributed by atoms with E-state index in [2.05, 4.69) is 11.3 Å². The van der Waals surface area contributed by atoms with Crippen molar-refractivity contribution in [2.75, 3.05) is 26.0 Å². The molecule has 0 amide bonds. The molecule has 0 saturated heterocycles. The molecular weight excluding hydrogens is 537 g/mol. The molecule has 0 heterocycles. The van der Waals surface area contributed by atoms with Gasteiger partial charge in [-0.05, 0) is 6.92 Å². The lowest BCUT2D eigenvalue weighted by atomic mass is 9.93. The van der Waals surface area contributed by atoms with Crippen LogP contribution in [-0.2, 0) is 19.6 Å². The zero-order chi connectivity index (χ0) is 27.8. The third-order valence-electron chi connectivity index (χ3n) is 4.14. The molecule has 0 rings (SSSR count). The molecule has 0 aromatic carbocycles. The van der Waals surface area contributed by atoms with Crippen LogP contribution in [0.3, 0.4) is 0 Å². The summed E-state index contributed by atoms with van der Waals surface area (Å²) in [7, 11) is -4.44. The van der Waals surface area contributed by atoms with Gasteiger partial charge in [-0.25, -0.2) is 17.5 Å².